The van der Waals surface area contributed by atoms with Gasteiger partial charge in [0.1, 0.15) is 23.0 Å². The van der Waals surface area contributed by atoms with Crippen LogP contribution >= 0.6 is 0 Å². The molecule has 1 aliphatic carbocycles. The molecule has 6 heteroatoms. The molecule has 4 rings (SSSR count). The van der Waals surface area contributed by atoms with Crippen molar-refractivity contribution < 1.29 is 26.3 Å². The predicted octanol–water partition coefficient (Wildman–Crippen LogP) is 8.68. The lowest BCUT2D eigenvalue weighted by Crippen LogP contribution is -2.11. The Bertz CT molecular complexity index is 1150. The van der Waals surface area contributed by atoms with Crippen LogP contribution in [0.15, 0.2) is 42.5 Å². The van der Waals surface area contributed by atoms with E-state index in [0.29, 0.717) is 24.1 Å². The van der Waals surface area contributed by atoms with E-state index in [2.05, 4.69) is 13.0 Å². The maximum Gasteiger partial charge on any atom is 0.422 e. The molecule has 0 radical (unpaired) electrons. The third kappa shape index (κ3) is 4.80. The molecule has 0 fully saturated rings. The van der Waals surface area contributed by atoms with Crippen LogP contribution < -0.4 is 0 Å². The van der Waals surface area contributed by atoms with Gasteiger partial charge in [-0.1, -0.05) is 44.4 Å². The highest BCUT2D eigenvalue weighted by atomic mass is 19.4. The van der Waals surface area contributed by atoms with Crippen molar-refractivity contribution in [1.82, 2.24) is 0 Å². The Balaban J connectivity index is 1.67. The van der Waals surface area contributed by atoms with Crippen LogP contribution in [0.1, 0.15) is 54.9 Å². The summed E-state index contributed by atoms with van der Waals surface area (Å²) in [5, 5.41) is 0. The van der Waals surface area contributed by atoms with Crippen LogP contribution in [0, 0.1) is 17.5 Å². The molecule has 0 amide bonds. The fraction of sp³-hybridized carbons (Fsp3) is 0.333. The van der Waals surface area contributed by atoms with Crippen molar-refractivity contribution in [2.75, 3.05) is 0 Å². The average Bonchev–Trinajstić information content (AvgIpc) is 2.74. The van der Waals surface area contributed by atoms with E-state index in [0.717, 1.165) is 36.0 Å². The number of hydrogen-bond acceptors (Lipinski definition) is 0. The number of rotatable bonds is 6. The number of halogens is 6. The summed E-state index contributed by atoms with van der Waals surface area (Å²) in [6.07, 6.45) is 1.90. The number of alkyl halides is 3. The molecule has 0 saturated carbocycles. The molecular formula is C27H24F6. The first kappa shape index (κ1) is 23.4. The minimum Gasteiger partial charge on any atom is -0.206 e. The van der Waals surface area contributed by atoms with Gasteiger partial charge < -0.3 is 0 Å². The summed E-state index contributed by atoms with van der Waals surface area (Å²) in [6.45, 7) is 2.17. The van der Waals surface area contributed by atoms with Crippen molar-refractivity contribution in [3.63, 3.8) is 0 Å². The molecule has 0 spiro atoms. The Kier molecular flexibility index (Phi) is 6.55. The predicted molar refractivity (Wildman–Crippen MR) is 117 cm³/mol. The molecule has 0 N–H and O–H groups in total. The van der Waals surface area contributed by atoms with Crippen molar-refractivity contribution >= 4 is 0 Å². The zero-order valence-electron chi connectivity index (χ0n) is 18.3. The fourth-order valence-electron chi connectivity index (χ4n) is 4.59. The van der Waals surface area contributed by atoms with E-state index in [4.69, 9.17) is 0 Å². The minimum atomic E-state index is -5.17. The third-order valence-corrected chi connectivity index (χ3v) is 6.27. The maximum absolute atomic E-state index is 15.0. The Labute approximate surface area is 189 Å². The lowest BCUT2D eigenvalue weighted by molar-refractivity contribution is -0.142. The lowest BCUT2D eigenvalue weighted by atomic mass is 9.83. The topological polar surface area (TPSA) is 0 Å². The van der Waals surface area contributed by atoms with Gasteiger partial charge in [0.05, 0.1) is 0 Å². The second kappa shape index (κ2) is 9.24. The van der Waals surface area contributed by atoms with E-state index < -0.39 is 29.2 Å². The monoisotopic (exact) mass is 462 g/mol. The van der Waals surface area contributed by atoms with Crippen LogP contribution in [0.4, 0.5) is 26.3 Å². The Morgan fingerprint density at radius 1 is 0.697 bits per heavy atom. The largest absolute Gasteiger partial charge is 0.422 e. The summed E-state index contributed by atoms with van der Waals surface area (Å²) in [6, 6.07) is 10.1. The molecule has 0 atom stereocenters. The van der Waals surface area contributed by atoms with Crippen LogP contribution in [0.25, 0.3) is 22.3 Å². The van der Waals surface area contributed by atoms with Gasteiger partial charge in [0.15, 0.2) is 0 Å². The van der Waals surface area contributed by atoms with Crippen molar-refractivity contribution in [3.8, 4) is 22.3 Å². The van der Waals surface area contributed by atoms with Crippen LogP contribution in [-0.2, 0) is 25.4 Å². The van der Waals surface area contributed by atoms with Gasteiger partial charge in [0.2, 0.25) is 0 Å². The van der Waals surface area contributed by atoms with Gasteiger partial charge in [-0.3, -0.25) is 0 Å². The number of fused-ring (bicyclic) bond motifs is 3. The van der Waals surface area contributed by atoms with E-state index in [1.54, 1.807) is 0 Å². The third-order valence-electron chi connectivity index (χ3n) is 6.27. The molecule has 0 unspecified atom stereocenters. The molecule has 0 bridgehead atoms. The quantitative estimate of drug-likeness (QED) is 0.254. The van der Waals surface area contributed by atoms with Crippen molar-refractivity contribution in [1.29, 1.82) is 0 Å². The fourth-order valence-corrected chi connectivity index (χ4v) is 4.59. The molecular weight excluding hydrogens is 438 g/mol. The molecule has 0 aromatic heterocycles. The SMILES string of the molecule is CCCCCCc1ccc2c(c1)CCc1cc(-c3cc(F)c(C(F)(F)F)c(F)c3)c(F)cc1-2. The molecule has 0 aliphatic heterocycles. The molecule has 0 nitrogen and oxygen atoms in total. The molecule has 33 heavy (non-hydrogen) atoms. The summed E-state index contributed by atoms with van der Waals surface area (Å²) in [5.74, 6) is -4.25. The zero-order chi connectivity index (χ0) is 23.8. The Morgan fingerprint density at radius 2 is 1.36 bits per heavy atom. The highest BCUT2D eigenvalue weighted by Crippen LogP contribution is 2.40. The second-order valence-corrected chi connectivity index (χ2v) is 8.60. The Hall–Kier alpha value is -2.76. The Morgan fingerprint density at radius 3 is 2.00 bits per heavy atom. The molecule has 0 heterocycles. The van der Waals surface area contributed by atoms with E-state index in [1.807, 2.05) is 12.1 Å². The first-order chi connectivity index (χ1) is 15.7. The minimum absolute atomic E-state index is 0.115. The average molecular weight is 462 g/mol. The van der Waals surface area contributed by atoms with Gasteiger partial charge in [-0.05, 0) is 83.3 Å². The summed E-state index contributed by atoms with van der Waals surface area (Å²) < 4.78 is 81.7. The van der Waals surface area contributed by atoms with Gasteiger partial charge in [-0.25, -0.2) is 13.2 Å². The first-order valence-corrected chi connectivity index (χ1v) is 11.2. The number of benzene rings is 3. The molecule has 3 aromatic rings. The van der Waals surface area contributed by atoms with E-state index in [1.165, 1.54) is 37.0 Å². The molecule has 3 aromatic carbocycles. The highest BCUT2D eigenvalue weighted by Gasteiger charge is 2.38. The van der Waals surface area contributed by atoms with Gasteiger partial charge in [0.25, 0.3) is 0 Å². The summed E-state index contributed by atoms with van der Waals surface area (Å²) in [5.41, 5.74) is 2.48. The van der Waals surface area contributed by atoms with Crippen LogP contribution in [0.5, 0.6) is 0 Å². The summed E-state index contributed by atoms with van der Waals surface area (Å²) >= 11 is 0. The molecule has 1 aliphatic rings. The standard InChI is InChI=1S/C27H24F6/c1-2-3-4-5-6-16-7-10-20-17(11-16)8-9-18-12-22(23(28)15-21(18)20)19-13-24(29)26(25(30)14-19)27(31,32)33/h7,10-15H,2-6,8-9H2,1H3. The van der Waals surface area contributed by atoms with Crippen molar-refractivity contribution in [2.45, 2.75) is 58.0 Å². The number of hydrogen-bond donors (Lipinski definition) is 0. The molecule has 174 valence electrons. The summed E-state index contributed by atoms with van der Waals surface area (Å²) in [4.78, 5) is 0. The normalized spacial score (nSPS) is 13.1. The first-order valence-electron chi connectivity index (χ1n) is 11.2. The van der Waals surface area contributed by atoms with Gasteiger partial charge in [0, 0.05) is 5.56 Å². The zero-order valence-corrected chi connectivity index (χ0v) is 18.3. The maximum atomic E-state index is 15.0. The van der Waals surface area contributed by atoms with E-state index in [9.17, 15) is 22.0 Å². The molecule has 0 saturated heterocycles. The second-order valence-electron chi connectivity index (χ2n) is 8.60. The van der Waals surface area contributed by atoms with Gasteiger partial charge in [-0.15, -0.1) is 0 Å². The van der Waals surface area contributed by atoms with Crippen LogP contribution in [-0.4, -0.2) is 0 Å². The van der Waals surface area contributed by atoms with Gasteiger partial charge in [-0.2, -0.15) is 13.2 Å². The smallest absolute Gasteiger partial charge is 0.206 e. The van der Waals surface area contributed by atoms with E-state index >= 15 is 4.39 Å². The van der Waals surface area contributed by atoms with E-state index in [-0.39, 0.29) is 11.1 Å². The van der Waals surface area contributed by atoms with Gasteiger partial charge >= 0.3 is 6.18 Å². The van der Waals surface area contributed by atoms with Crippen LogP contribution in [0.2, 0.25) is 0 Å². The van der Waals surface area contributed by atoms with Crippen molar-refractivity contribution in [3.05, 3.63) is 82.2 Å². The summed E-state index contributed by atoms with van der Waals surface area (Å²) in [7, 11) is 0. The highest BCUT2D eigenvalue weighted by molar-refractivity contribution is 5.78. The van der Waals surface area contributed by atoms with Crippen LogP contribution in [0.3, 0.4) is 0 Å². The number of unbranched alkanes of at least 4 members (excludes halogenated alkanes) is 3. The lowest BCUT2D eigenvalue weighted by Gasteiger charge is -2.22. The van der Waals surface area contributed by atoms with Crippen molar-refractivity contribution in [2.24, 2.45) is 0 Å². The number of aryl methyl sites for hydroxylation is 3.